The van der Waals surface area contributed by atoms with Gasteiger partial charge in [-0.05, 0) is 51.7 Å². The zero-order valence-corrected chi connectivity index (χ0v) is 12.9. The lowest BCUT2D eigenvalue weighted by molar-refractivity contribution is 0.0188. The molecule has 0 aromatic carbocycles. The van der Waals surface area contributed by atoms with Gasteiger partial charge in [-0.15, -0.1) is 11.3 Å². The molecule has 1 aliphatic carbocycles. The summed E-state index contributed by atoms with van der Waals surface area (Å²) in [7, 11) is 0. The largest absolute Gasteiger partial charge is 0.387 e. The number of halogens is 1. The smallest absolute Gasteiger partial charge is 0.0984 e. The molecule has 0 amide bonds. The van der Waals surface area contributed by atoms with Crippen molar-refractivity contribution in [3.63, 3.8) is 0 Å². The molecule has 1 fully saturated rings. The zero-order valence-electron chi connectivity index (χ0n) is 10.5. The molecular formula is C14H18BrNOS. The molecule has 4 heteroatoms. The average molecular weight is 328 g/mol. The standard InChI is InChI=1S/C14H18BrNOS/c1-2-10-4-3-5-14(7-10,9-16)13(17)11-6-12(15)18-8-11/h6,8,10,13,17H,2-5,7H2,1H3. The van der Waals surface area contributed by atoms with Gasteiger partial charge in [0.25, 0.3) is 0 Å². The van der Waals surface area contributed by atoms with Gasteiger partial charge in [0.2, 0.25) is 0 Å². The molecule has 0 aliphatic heterocycles. The lowest BCUT2D eigenvalue weighted by Gasteiger charge is -2.38. The van der Waals surface area contributed by atoms with Gasteiger partial charge in [-0.1, -0.05) is 26.2 Å². The van der Waals surface area contributed by atoms with E-state index in [2.05, 4.69) is 28.9 Å². The fourth-order valence-electron chi connectivity index (χ4n) is 2.97. The first-order chi connectivity index (χ1) is 8.61. The van der Waals surface area contributed by atoms with E-state index < -0.39 is 11.5 Å². The van der Waals surface area contributed by atoms with Crippen LogP contribution < -0.4 is 0 Å². The van der Waals surface area contributed by atoms with Gasteiger partial charge in [-0.3, -0.25) is 0 Å². The Balaban J connectivity index is 2.24. The molecule has 3 atom stereocenters. The second kappa shape index (κ2) is 5.73. The number of hydrogen-bond donors (Lipinski definition) is 1. The van der Waals surface area contributed by atoms with Gasteiger partial charge in [0.05, 0.1) is 21.4 Å². The summed E-state index contributed by atoms with van der Waals surface area (Å²) in [4.78, 5) is 0. The van der Waals surface area contributed by atoms with Gasteiger partial charge >= 0.3 is 0 Å². The molecule has 18 heavy (non-hydrogen) atoms. The number of nitrogens with zero attached hydrogens (tertiary/aromatic N) is 1. The number of aliphatic hydroxyl groups excluding tert-OH is 1. The molecule has 1 aromatic rings. The highest BCUT2D eigenvalue weighted by Gasteiger charge is 2.43. The highest BCUT2D eigenvalue weighted by Crippen LogP contribution is 2.49. The molecule has 0 radical (unpaired) electrons. The number of aliphatic hydroxyl groups is 1. The Kier molecular flexibility index (Phi) is 4.47. The van der Waals surface area contributed by atoms with E-state index in [1.165, 1.54) is 6.42 Å². The Bertz CT molecular complexity index is 453. The normalized spacial score (nSPS) is 29.8. The molecule has 1 heterocycles. The van der Waals surface area contributed by atoms with Crippen molar-refractivity contribution in [2.75, 3.05) is 0 Å². The van der Waals surface area contributed by atoms with Crippen LogP contribution in [0.2, 0.25) is 0 Å². The highest BCUT2D eigenvalue weighted by molar-refractivity contribution is 9.11. The van der Waals surface area contributed by atoms with Crippen LogP contribution in [0.4, 0.5) is 0 Å². The van der Waals surface area contributed by atoms with Crippen LogP contribution in [0, 0.1) is 22.7 Å². The molecule has 2 rings (SSSR count). The third-order valence-electron chi connectivity index (χ3n) is 4.12. The van der Waals surface area contributed by atoms with Crippen LogP contribution in [0.3, 0.4) is 0 Å². The van der Waals surface area contributed by atoms with Gasteiger partial charge in [-0.25, -0.2) is 0 Å². The first kappa shape index (κ1) is 14.0. The summed E-state index contributed by atoms with van der Waals surface area (Å²) in [6.45, 7) is 2.17. The molecule has 1 aromatic heterocycles. The van der Waals surface area contributed by atoms with E-state index in [0.717, 1.165) is 35.0 Å². The number of rotatable bonds is 3. The van der Waals surface area contributed by atoms with Gasteiger partial charge < -0.3 is 5.11 Å². The van der Waals surface area contributed by atoms with Crippen molar-refractivity contribution in [1.29, 1.82) is 5.26 Å². The van der Waals surface area contributed by atoms with Crippen molar-refractivity contribution in [3.8, 4) is 6.07 Å². The topological polar surface area (TPSA) is 44.0 Å². The number of thiophene rings is 1. The van der Waals surface area contributed by atoms with E-state index in [9.17, 15) is 10.4 Å². The van der Waals surface area contributed by atoms with Crippen molar-refractivity contribution in [2.45, 2.75) is 45.1 Å². The molecule has 2 nitrogen and oxygen atoms in total. The molecule has 1 aliphatic rings. The number of hydrogen-bond acceptors (Lipinski definition) is 3. The maximum Gasteiger partial charge on any atom is 0.0984 e. The van der Waals surface area contributed by atoms with E-state index in [-0.39, 0.29) is 0 Å². The van der Waals surface area contributed by atoms with Crippen LogP contribution in [0.1, 0.15) is 50.7 Å². The summed E-state index contributed by atoms with van der Waals surface area (Å²) in [6.07, 6.45) is 4.33. The first-order valence-electron chi connectivity index (χ1n) is 6.44. The fraction of sp³-hybridized carbons (Fsp3) is 0.643. The van der Waals surface area contributed by atoms with Crippen LogP contribution in [-0.2, 0) is 0 Å². The van der Waals surface area contributed by atoms with Gasteiger partial charge in [0, 0.05) is 0 Å². The highest BCUT2D eigenvalue weighted by atomic mass is 79.9. The van der Waals surface area contributed by atoms with Gasteiger partial charge in [0.15, 0.2) is 0 Å². The maximum atomic E-state index is 10.6. The summed E-state index contributed by atoms with van der Waals surface area (Å²) in [5, 5.41) is 22.1. The van der Waals surface area contributed by atoms with Gasteiger partial charge in [-0.2, -0.15) is 5.26 Å². The Labute approximate surface area is 121 Å². The van der Waals surface area contributed by atoms with Crippen LogP contribution in [0.25, 0.3) is 0 Å². The predicted octanol–water partition coefficient (Wildman–Crippen LogP) is 4.65. The molecular weight excluding hydrogens is 310 g/mol. The molecule has 0 saturated heterocycles. The molecule has 0 bridgehead atoms. The lowest BCUT2D eigenvalue weighted by atomic mass is 9.65. The van der Waals surface area contributed by atoms with Crippen molar-refractivity contribution < 1.29 is 5.11 Å². The Hall–Kier alpha value is -0.370. The molecule has 1 N–H and O–H groups in total. The van der Waals surface area contributed by atoms with Gasteiger partial charge in [0.1, 0.15) is 0 Å². The van der Waals surface area contributed by atoms with E-state index >= 15 is 0 Å². The van der Waals surface area contributed by atoms with Crippen molar-refractivity contribution >= 4 is 27.3 Å². The quantitative estimate of drug-likeness (QED) is 0.877. The fourth-order valence-corrected chi connectivity index (χ4v) is 4.17. The Morgan fingerprint density at radius 1 is 1.72 bits per heavy atom. The number of nitriles is 1. The summed E-state index contributed by atoms with van der Waals surface area (Å²) in [6, 6.07) is 4.36. The summed E-state index contributed by atoms with van der Waals surface area (Å²) >= 11 is 4.97. The average Bonchev–Trinajstić information content (AvgIpc) is 2.84. The lowest BCUT2D eigenvalue weighted by Crippen LogP contribution is -2.33. The second-order valence-electron chi connectivity index (χ2n) is 5.23. The minimum absolute atomic E-state index is 0.579. The molecule has 98 valence electrons. The van der Waals surface area contributed by atoms with Crippen molar-refractivity contribution in [3.05, 3.63) is 20.8 Å². The van der Waals surface area contributed by atoms with E-state index in [4.69, 9.17) is 0 Å². The Morgan fingerprint density at radius 2 is 2.50 bits per heavy atom. The van der Waals surface area contributed by atoms with Crippen LogP contribution in [0.15, 0.2) is 15.2 Å². The summed E-state index contributed by atoms with van der Waals surface area (Å²) in [5.41, 5.74) is 0.296. The minimum atomic E-state index is -0.653. The summed E-state index contributed by atoms with van der Waals surface area (Å²) < 4.78 is 1.01. The van der Waals surface area contributed by atoms with Crippen molar-refractivity contribution in [1.82, 2.24) is 0 Å². The summed E-state index contributed by atoms with van der Waals surface area (Å²) in [5.74, 6) is 0.579. The zero-order chi connectivity index (χ0) is 13.2. The minimum Gasteiger partial charge on any atom is -0.387 e. The predicted molar refractivity (Wildman–Crippen MR) is 77.3 cm³/mol. The van der Waals surface area contributed by atoms with Crippen LogP contribution in [-0.4, -0.2) is 5.11 Å². The van der Waals surface area contributed by atoms with E-state index in [1.54, 1.807) is 11.3 Å². The van der Waals surface area contributed by atoms with Crippen molar-refractivity contribution in [2.24, 2.45) is 11.3 Å². The maximum absolute atomic E-state index is 10.6. The van der Waals surface area contributed by atoms with Crippen LogP contribution in [0.5, 0.6) is 0 Å². The van der Waals surface area contributed by atoms with E-state index in [1.807, 2.05) is 11.4 Å². The molecule has 3 unspecified atom stereocenters. The molecule has 1 saturated carbocycles. The SMILES string of the molecule is CCC1CCCC(C#N)(C(O)c2csc(Br)c2)C1. The second-order valence-corrected chi connectivity index (χ2v) is 7.52. The first-order valence-corrected chi connectivity index (χ1v) is 8.12. The third-order valence-corrected chi connectivity index (χ3v) is 5.64. The molecule has 0 spiro atoms. The van der Waals surface area contributed by atoms with E-state index in [0.29, 0.717) is 5.92 Å². The monoisotopic (exact) mass is 327 g/mol. The Morgan fingerprint density at radius 3 is 3.06 bits per heavy atom. The van der Waals surface area contributed by atoms with Crippen LogP contribution >= 0.6 is 27.3 Å². The third kappa shape index (κ3) is 2.64.